The maximum atomic E-state index is 11.5. The van der Waals surface area contributed by atoms with Crippen LogP contribution >= 0.6 is 0 Å². The van der Waals surface area contributed by atoms with E-state index >= 15 is 0 Å². The van der Waals surface area contributed by atoms with E-state index in [1.54, 1.807) is 0 Å². The van der Waals surface area contributed by atoms with Crippen molar-refractivity contribution in [3.05, 3.63) is 0 Å². The van der Waals surface area contributed by atoms with Gasteiger partial charge in [0.1, 0.15) is 0 Å². The molecule has 1 fully saturated rings. The molecule has 0 aromatic carbocycles. The molecule has 2 atom stereocenters. The van der Waals surface area contributed by atoms with Crippen molar-refractivity contribution in [2.45, 2.75) is 32.7 Å². The second kappa shape index (κ2) is 6.80. The van der Waals surface area contributed by atoms with Gasteiger partial charge in [0.15, 0.2) is 0 Å². The molecule has 88 valence electrons. The standard InChI is InChI=1S/C11H22N2O2/c1-3-15-6-4-5-11(14)13-10-8-12-7-9(10)2/h9-10,12H,3-8H2,1-2H3,(H,13,14). The molecule has 0 radical (unpaired) electrons. The highest BCUT2D eigenvalue weighted by molar-refractivity contribution is 5.76. The Morgan fingerprint density at radius 2 is 2.33 bits per heavy atom. The largest absolute Gasteiger partial charge is 0.382 e. The van der Waals surface area contributed by atoms with Crippen molar-refractivity contribution in [1.82, 2.24) is 10.6 Å². The first kappa shape index (κ1) is 12.5. The average molecular weight is 214 g/mol. The fraction of sp³-hybridized carbons (Fsp3) is 0.909. The zero-order valence-corrected chi connectivity index (χ0v) is 9.71. The Morgan fingerprint density at radius 3 is 2.93 bits per heavy atom. The zero-order valence-electron chi connectivity index (χ0n) is 9.71. The second-order valence-electron chi connectivity index (χ2n) is 4.11. The van der Waals surface area contributed by atoms with Gasteiger partial charge in [0, 0.05) is 32.2 Å². The highest BCUT2D eigenvalue weighted by atomic mass is 16.5. The molecule has 0 aromatic rings. The van der Waals surface area contributed by atoms with Crippen LogP contribution in [0, 0.1) is 5.92 Å². The molecule has 15 heavy (non-hydrogen) atoms. The summed E-state index contributed by atoms with van der Waals surface area (Å²) >= 11 is 0. The van der Waals surface area contributed by atoms with Crippen molar-refractivity contribution < 1.29 is 9.53 Å². The third kappa shape index (κ3) is 4.62. The van der Waals surface area contributed by atoms with Crippen LogP contribution in [0.5, 0.6) is 0 Å². The van der Waals surface area contributed by atoms with Crippen LogP contribution in [0.1, 0.15) is 26.7 Å². The quantitative estimate of drug-likeness (QED) is 0.634. The summed E-state index contributed by atoms with van der Waals surface area (Å²) in [7, 11) is 0. The summed E-state index contributed by atoms with van der Waals surface area (Å²) in [5, 5.41) is 6.31. The van der Waals surface area contributed by atoms with Crippen molar-refractivity contribution in [2.75, 3.05) is 26.3 Å². The number of carbonyl (C=O) groups is 1. The zero-order chi connectivity index (χ0) is 11.1. The van der Waals surface area contributed by atoms with E-state index < -0.39 is 0 Å². The van der Waals surface area contributed by atoms with E-state index in [0.717, 1.165) is 26.1 Å². The van der Waals surface area contributed by atoms with Crippen molar-refractivity contribution in [1.29, 1.82) is 0 Å². The van der Waals surface area contributed by atoms with Crippen LogP contribution in [0.3, 0.4) is 0 Å². The lowest BCUT2D eigenvalue weighted by Gasteiger charge is -2.16. The summed E-state index contributed by atoms with van der Waals surface area (Å²) in [4.78, 5) is 11.5. The molecule has 1 aliphatic heterocycles. The van der Waals surface area contributed by atoms with Crippen molar-refractivity contribution in [2.24, 2.45) is 5.92 Å². The van der Waals surface area contributed by atoms with Gasteiger partial charge in [-0.3, -0.25) is 4.79 Å². The third-order valence-corrected chi connectivity index (χ3v) is 2.76. The fourth-order valence-electron chi connectivity index (χ4n) is 1.76. The van der Waals surface area contributed by atoms with E-state index in [1.165, 1.54) is 0 Å². The number of nitrogens with one attached hydrogen (secondary N) is 2. The first-order chi connectivity index (χ1) is 7.24. The van der Waals surface area contributed by atoms with Gasteiger partial charge in [0.25, 0.3) is 0 Å². The van der Waals surface area contributed by atoms with E-state index in [1.807, 2.05) is 6.92 Å². The van der Waals surface area contributed by atoms with Crippen molar-refractivity contribution >= 4 is 5.91 Å². The van der Waals surface area contributed by atoms with Gasteiger partial charge < -0.3 is 15.4 Å². The van der Waals surface area contributed by atoms with E-state index in [9.17, 15) is 4.79 Å². The number of carbonyl (C=O) groups excluding carboxylic acids is 1. The Hall–Kier alpha value is -0.610. The van der Waals surface area contributed by atoms with Crippen LogP contribution in [0.15, 0.2) is 0 Å². The van der Waals surface area contributed by atoms with Crippen LogP contribution in [-0.2, 0) is 9.53 Å². The highest BCUT2D eigenvalue weighted by Gasteiger charge is 2.23. The Kier molecular flexibility index (Phi) is 5.65. The van der Waals surface area contributed by atoms with E-state index in [0.29, 0.717) is 25.0 Å². The Labute approximate surface area is 91.8 Å². The Bertz CT molecular complexity index is 197. The van der Waals surface area contributed by atoms with Crippen molar-refractivity contribution in [3.63, 3.8) is 0 Å². The average Bonchev–Trinajstić information content (AvgIpc) is 2.59. The molecule has 1 aliphatic rings. The lowest BCUT2D eigenvalue weighted by molar-refractivity contribution is -0.122. The summed E-state index contributed by atoms with van der Waals surface area (Å²) in [5.74, 6) is 0.691. The maximum Gasteiger partial charge on any atom is 0.220 e. The molecule has 1 heterocycles. The van der Waals surface area contributed by atoms with Crippen LogP contribution in [-0.4, -0.2) is 38.3 Å². The third-order valence-electron chi connectivity index (χ3n) is 2.76. The lowest BCUT2D eigenvalue weighted by Crippen LogP contribution is -2.39. The summed E-state index contributed by atoms with van der Waals surface area (Å²) in [5.41, 5.74) is 0. The first-order valence-corrected chi connectivity index (χ1v) is 5.82. The SMILES string of the molecule is CCOCCCC(=O)NC1CNCC1C. The molecule has 4 nitrogen and oxygen atoms in total. The van der Waals surface area contributed by atoms with E-state index in [2.05, 4.69) is 17.6 Å². The van der Waals surface area contributed by atoms with Gasteiger partial charge in [-0.05, 0) is 25.8 Å². The summed E-state index contributed by atoms with van der Waals surface area (Å²) in [6.07, 6.45) is 1.39. The fourth-order valence-corrected chi connectivity index (χ4v) is 1.76. The molecule has 1 amide bonds. The molecular formula is C11H22N2O2. The highest BCUT2D eigenvalue weighted by Crippen LogP contribution is 2.07. The van der Waals surface area contributed by atoms with Crippen LogP contribution < -0.4 is 10.6 Å². The van der Waals surface area contributed by atoms with Gasteiger partial charge in [-0.1, -0.05) is 6.92 Å². The van der Waals surface area contributed by atoms with Crippen LogP contribution in [0.4, 0.5) is 0 Å². The monoisotopic (exact) mass is 214 g/mol. The van der Waals surface area contributed by atoms with Gasteiger partial charge in [0.05, 0.1) is 0 Å². The molecule has 0 aromatic heterocycles. The number of ether oxygens (including phenoxy) is 1. The minimum atomic E-state index is 0.148. The van der Waals surface area contributed by atoms with Gasteiger partial charge in [-0.15, -0.1) is 0 Å². The molecule has 0 saturated carbocycles. The van der Waals surface area contributed by atoms with Crippen LogP contribution in [0.25, 0.3) is 0 Å². The molecule has 4 heteroatoms. The number of rotatable bonds is 6. The maximum absolute atomic E-state index is 11.5. The minimum Gasteiger partial charge on any atom is -0.382 e. The molecular weight excluding hydrogens is 192 g/mol. The van der Waals surface area contributed by atoms with E-state index in [-0.39, 0.29) is 5.91 Å². The number of hydrogen-bond acceptors (Lipinski definition) is 3. The minimum absolute atomic E-state index is 0.148. The first-order valence-electron chi connectivity index (χ1n) is 5.82. The van der Waals surface area contributed by atoms with Gasteiger partial charge in [-0.2, -0.15) is 0 Å². The predicted octanol–water partition coefficient (Wildman–Crippen LogP) is 0.527. The smallest absolute Gasteiger partial charge is 0.220 e. The normalized spacial score (nSPS) is 25.5. The second-order valence-corrected chi connectivity index (χ2v) is 4.11. The molecule has 0 spiro atoms. The van der Waals surface area contributed by atoms with Crippen LogP contribution in [0.2, 0.25) is 0 Å². The molecule has 0 aliphatic carbocycles. The van der Waals surface area contributed by atoms with E-state index in [4.69, 9.17) is 4.74 Å². The topological polar surface area (TPSA) is 50.4 Å². The molecule has 2 N–H and O–H groups in total. The summed E-state index contributed by atoms with van der Waals surface area (Å²) in [6, 6.07) is 0.310. The van der Waals surface area contributed by atoms with Gasteiger partial charge in [0.2, 0.25) is 5.91 Å². The Morgan fingerprint density at radius 1 is 1.53 bits per heavy atom. The van der Waals surface area contributed by atoms with Gasteiger partial charge in [-0.25, -0.2) is 0 Å². The van der Waals surface area contributed by atoms with Gasteiger partial charge >= 0.3 is 0 Å². The number of amides is 1. The molecule has 2 unspecified atom stereocenters. The Balaban J connectivity index is 2.07. The lowest BCUT2D eigenvalue weighted by atomic mass is 10.1. The summed E-state index contributed by atoms with van der Waals surface area (Å²) in [6.45, 7) is 7.44. The molecule has 0 bridgehead atoms. The molecule has 1 rings (SSSR count). The molecule has 1 saturated heterocycles. The van der Waals surface area contributed by atoms with Crippen molar-refractivity contribution in [3.8, 4) is 0 Å². The predicted molar refractivity (Wildman–Crippen MR) is 59.7 cm³/mol. The summed E-state index contributed by atoms with van der Waals surface area (Å²) < 4.78 is 5.18. The number of hydrogen-bond donors (Lipinski definition) is 2.